The van der Waals surface area contributed by atoms with Gasteiger partial charge in [0, 0.05) is 20.0 Å². The van der Waals surface area contributed by atoms with Gasteiger partial charge in [-0.25, -0.2) is 9.59 Å². The molecule has 2 aromatic rings. The van der Waals surface area contributed by atoms with Crippen molar-refractivity contribution in [2.45, 2.75) is 37.3 Å². The van der Waals surface area contributed by atoms with Crippen molar-refractivity contribution < 1.29 is 47.5 Å². The second kappa shape index (κ2) is 8.53. The van der Waals surface area contributed by atoms with Gasteiger partial charge in [-0.3, -0.25) is 0 Å². The van der Waals surface area contributed by atoms with Crippen molar-refractivity contribution in [3.8, 4) is 28.7 Å². The molecule has 0 fully saturated rings. The highest BCUT2D eigenvalue weighted by atomic mass is 16.7. The fraction of sp³-hybridized carbons (Fsp3) is 0.440. The molecule has 5 rings (SSSR count). The summed E-state index contributed by atoms with van der Waals surface area (Å²) < 4.78 is 45.6. The summed E-state index contributed by atoms with van der Waals surface area (Å²) in [6.07, 6.45) is -0.502. The predicted octanol–water partition coefficient (Wildman–Crippen LogP) is 2.77. The number of aryl methyl sites for hydroxylation is 1. The molecule has 1 unspecified atom stereocenters. The maximum atomic E-state index is 12.9. The normalized spacial score (nSPS) is 23.7. The molecule has 0 amide bonds. The summed E-state index contributed by atoms with van der Waals surface area (Å²) in [5.74, 6) is -0.402. The number of rotatable bonds is 5. The van der Waals surface area contributed by atoms with E-state index in [4.69, 9.17) is 37.9 Å². The Bertz CT molecular complexity index is 1210. The van der Waals surface area contributed by atoms with Gasteiger partial charge in [0.25, 0.3) is 5.79 Å². The van der Waals surface area contributed by atoms with E-state index in [1.165, 1.54) is 14.2 Å². The average Bonchev–Trinajstić information content (AvgIpc) is 3.19. The monoisotopic (exact) mass is 486 g/mol. The first-order valence-electron chi connectivity index (χ1n) is 11.1. The van der Waals surface area contributed by atoms with Gasteiger partial charge in [-0.15, -0.1) is 0 Å². The van der Waals surface area contributed by atoms with Gasteiger partial charge in [0.15, 0.2) is 29.1 Å². The minimum absolute atomic E-state index is 0.180. The van der Waals surface area contributed by atoms with Crippen LogP contribution in [-0.2, 0) is 31.8 Å². The van der Waals surface area contributed by atoms with E-state index in [1.54, 1.807) is 33.5 Å². The Hall–Kier alpha value is -3.66. The highest BCUT2D eigenvalue weighted by Crippen LogP contribution is 2.58. The van der Waals surface area contributed by atoms with Crippen molar-refractivity contribution >= 4 is 11.9 Å². The Morgan fingerprint density at radius 3 is 2.34 bits per heavy atom. The molecule has 0 bridgehead atoms. The zero-order valence-electron chi connectivity index (χ0n) is 20.1. The number of benzene rings is 2. The summed E-state index contributed by atoms with van der Waals surface area (Å²) in [6.45, 7) is 0. The molecular formula is C25H26O10. The van der Waals surface area contributed by atoms with Crippen molar-refractivity contribution in [1.29, 1.82) is 0 Å². The van der Waals surface area contributed by atoms with Crippen LogP contribution in [0.25, 0.3) is 0 Å². The summed E-state index contributed by atoms with van der Waals surface area (Å²) in [5, 5.41) is 0. The molecule has 3 aliphatic rings. The Kier molecular flexibility index (Phi) is 5.63. The first-order valence-corrected chi connectivity index (χ1v) is 11.1. The van der Waals surface area contributed by atoms with Crippen LogP contribution in [0.4, 0.5) is 0 Å². The molecule has 1 spiro atoms. The zero-order valence-corrected chi connectivity index (χ0v) is 20.1. The molecule has 0 aliphatic carbocycles. The number of esters is 2. The van der Waals surface area contributed by atoms with Crippen molar-refractivity contribution in [1.82, 2.24) is 0 Å². The van der Waals surface area contributed by atoms with Crippen LogP contribution < -0.4 is 23.7 Å². The average molecular weight is 486 g/mol. The number of carbonyl (C=O) groups is 2. The molecule has 10 heteroatoms. The zero-order chi connectivity index (χ0) is 24.9. The highest BCUT2D eigenvalue weighted by molar-refractivity contribution is 5.98. The third-order valence-electron chi connectivity index (χ3n) is 6.67. The molecule has 0 radical (unpaired) electrons. The fourth-order valence-corrected chi connectivity index (χ4v) is 5.11. The largest absolute Gasteiger partial charge is 0.496 e. The molecule has 0 saturated heterocycles. The third-order valence-corrected chi connectivity index (χ3v) is 6.67. The fourth-order valence-electron chi connectivity index (χ4n) is 5.11. The van der Waals surface area contributed by atoms with Gasteiger partial charge in [0.2, 0.25) is 6.10 Å². The molecule has 0 N–H and O–H groups in total. The molecule has 3 heterocycles. The number of fused-ring (bicyclic) bond motifs is 3. The van der Waals surface area contributed by atoms with E-state index in [2.05, 4.69) is 0 Å². The van der Waals surface area contributed by atoms with E-state index in [1.807, 2.05) is 6.07 Å². The topological polar surface area (TPSA) is 108 Å². The Morgan fingerprint density at radius 2 is 1.69 bits per heavy atom. The maximum Gasteiger partial charge on any atom is 0.347 e. The number of methoxy groups -OCH3 is 5. The van der Waals surface area contributed by atoms with Crippen LogP contribution in [0.2, 0.25) is 0 Å². The molecule has 3 atom stereocenters. The summed E-state index contributed by atoms with van der Waals surface area (Å²) >= 11 is 0. The Labute approximate surface area is 201 Å². The van der Waals surface area contributed by atoms with Gasteiger partial charge in [-0.2, -0.15) is 0 Å². The summed E-state index contributed by atoms with van der Waals surface area (Å²) in [5.41, 5.74) is 2.34. The van der Waals surface area contributed by atoms with Gasteiger partial charge >= 0.3 is 11.9 Å². The van der Waals surface area contributed by atoms with Crippen LogP contribution >= 0.6 is 0 Å². The van der Waals surface area contributed by atoms with Crippen LogP contribution in [0.1, 0.15) is 39.6 Å². The molecule has 35 heavy (non-hydrogen) atoms. The van der Waals surface area contributed by atoms with Crippen molar-refractivity contribution in [2.24, 2.45) is 0 Å². The third kappa shape index (κ3) is 3.35. The van der Waals surface area contributed by atoms with Gasteiger partial charge in [-0.05, 0) is 29.7 Å². The summed E-state index contributed by atoms with van der Waals surface area (Å²) in [7, 11) is 7.39. The lowest BCUT2D eigenvalue weighted by Crippen LogP contribution is -2.48. The second-order valence-corrected chi connectivity index (χ2v) is 8.40. The molecule has 10 nitrogen and oxygen atoms in total. The first-order chi connectivity index (χ1) is 16.9. The molecule has 3 aliphatic heterocycles. The van der Waals surface area contributed by atoms with Crippen LogP contribution in [0.3, 0.4) is 0 Å². The number of cyclic esters (lactones) is 1. The Balaban J connectivity index is 1.59. The lowest BCUT2D eigenvalue weighted by Gasteiger charge is -2.39. The molecule has 0 saturated carbocycles. The van der Waals surface area contributed by atoms with E-state index in [0.29, 0.717) is 47.0 Å². The van der Waals surface area contributed by atoms with E-state index >= 15 is 0 Å². The van der Waals surface area contributed by atoms with Crippen molar-refractivity contribution in [3.05, 3.63) is 40.5 Å². The number of carbonyl (C=O) groups excluding carboxylic acids is 2. The lowest BCUT2D eigenvalue weighted by atomic mass is 9.88. The minimum atomic E-state index is -1.25. The van der Waals surface area contributed by atoms with E-state index in [0.717, 1.165) is 5.56 Å². The molecule has 0 aromatic heterocycles. The Morgan fingerprint density at radius 1 is 0.971 bits per heavy atom. The number of hydrogen-bond acceptors (Lipinski definition) is 10. The number of ether oxygens (including phenoxy) is 8. The molecule has 186 valence electrons. The molecule has 2 aromatic carbocycles. The minimum Gasteiger partial charge on any atom is -0.496 e. The van der Waals surface area contributed by atoms with Gasteiger partial charge in [0.1, 0.15) is 11.3 Å². The van der Waals surface area contributed by atoms with Gasteiger partial charge < -0.3 is 37.9 Å². The summed E-state index contributed by atoms with van der Waals surface area (Å²) in [6, 6.07) is 5.39. The van der Waals surface area contributed by atoms with Gasteiger partial charge in [0.05, 0.1) is 34.0 Å². The predicted molar refractivity (Wildman–Crippen MR) is 120 cm³/mol. The highest BCUT2D eigenvalue weighted by Gasteiger charge is 2.56. The van der Waals surface area contributed by atoms with Crippen LogP contribution in [0.5, 0.6) is 28.7 Å². The van der Waals surface area contributed by atoms with E-state index < -0.39 is 29.9 Å². The second-order valence-electron chi connectivity index (χ2n) is 8.40. The van der Waals surface area contributed by atoms with E-state index in [-0.39, 0.29) is 17.7 Å². The molecular weight excluding hydrogens is 460 g/mol. The summed E-state index contributed by atoms with van der Waals surface area (Å²) in [4.78, 5) is 24.9. The van der Waals surface area contributed by atoms with Crippen LogP contribution in [0, 0.1) is 0 Å². The van der Waals surface area contributed by atoms with Crippen LogP contribution in [-0.4, -0.2) is 59.4 Å². The van der Waals surface area contributed by atoms with Gasteiger partial charge in [-0.1, -0.05) is 6.07 Å². The van der Waals surface area contributed by atoms with Crippen molar-refractivity contribution in [3.63, 3.8) is 0 Å². The first kappa shape index (κ1) is 23.1. The van der Waals surface area contributed by atoms with E-state index in [9.17, 15) is 9.59 Å². The SMILES string of the molecule is COC(=O)C1Cc2cc3c(c(OC)c2C(=O)O1)O[C@]1(CC3)Oc2c(OC)ccc(OC)c2[C@H]1OC. The maximum absolute atomic E-state index is 12.9. The smallest absolute Gasteiger partial charge is 0.347 e. The standard InChI is InChI=1S/C25H26O10/c1-28-14-6-7-15(29-2)20-18(14)22(31-4)25(35-20)9-8-12-10-13-11-16(23(26)32-5)33-24(27)17(13)21(30-3)19(12)34-25/h6-7,10,16,22H,8-9,11H2,1-5H3/t16?,22-,25-/m1/s1. The van der Waals surface area contributed by atoms with Crippen molar-refractivity contribution in [2.75, 3.05) is 35.5 Å². The van der Waals surface area contributed by atoms with Crippen LogP contribution in [0.15, 0.2) is 18.2 Å². The lowest BCUT2D eigenvalue weighted by molar-refractivity contribution is -0.189. The quantitative estimate of drug-likeness (QED) is 0.586. The number of hydrogen-bond donors (Lipinski definition) is 0.